The van der Waals surface area contributed by atoms with E-state index in [0.717, 1.165) is 6.42 Å². The van der Waals surface area contributed by atoms with Crippen LogP contribution in [-0.2, 0) is 10.0 Å². The summed E-state index contributed by atoms with van der Waals surface area (Å²) in [6.07, 6.45) is 3.47. The number of carbonyl (C=O) groups is 1. The van der Waals surface area contributed by atoms with Crippen molar-refractivity contribution in [3.05, 3.63) is 0 Å². The Morgan fingerprint density at radius 1 is 1.17 bits per heavy atom. The molecule has 0 aromatic rings. The van der Waals surface area contributed by atoms with Gasteiger partial charge in [-0.25, -0.2) is 13.2 Å². The maximum Gasteiger partial charge on any atom is 0.317 e. The lowest BCUT2D eigenvalue weighted by Crippen LogP contribution is -2.58. The van der Waals surface area contributed by atoms with Crippen molar-refractivity contribution < 1.29 is 13.2 Å². The molecule has 9 heteroatoms. The summed E-state index contributed by atoms with van der Waals surface area (Å²) in [6.45, 7) is 3.17. The molecule has 0 spiro atoms. The number of nitrogens with zero attached hydrogens (tertiary/aromatic N) is 2. The Labute approximate surface area is 147 Å². The van der Waals surface area contributed by atoms with Crippen LogP contribution in [0.5, 0.6) is 0 Å². The summed E-state index contributed by atoms with van der Waals surface area (Å²) < 4.78 is 24.9. The zero-order chi connectivity index (χ0) is 16.6. The average molecular weight is 380 g/mol. The van der Waals surface area contributed by atoms with Crippen molar-refractivity contribution in [2.24, 2.45) is 0 Å². The molecule has 3 aliphatic rings. The van der Waals surface area contributed by atoms with Crippen LogP contribution < -0.4 is 5.32 Å². The maximum absolute atomic E-state index is 12.6. The normalized spacial score (nSPS) is 35.8. The van der Waals surface area contributed by atoms with E-state index in [4.69, 9.17) is 0 Å². The number of piperazine rings is 1. The number of urea groups is 1. The van der Waals surface area contributed by atoms with Gasteiger partial charge in [0.1, 0.15) is 0 Å². The fourth-order valence-corrected chi connectivity index (χ4v) is 8.16. The van der Waals surface area contributed by atoms with Gasteiger partial charge in [0.05, 0.1) is 6.26 Å². The van der Waals surface area contributed by atoms with Crippen molar-refractivity contribution in [1.82, 2.24) is 14.5 Å². The molecule has 0 aromatic carbocycles. The summed E-state index contributed by atoms with van der Waals surface area (Å²) in [5.41, 5.74) is 0. The SMILES string of the molecule is CC1CN(C(=O)NC2CCC3SCCSC23)CCN1S(C)(=O)=O. The molecule has 4 atom stereocenters. The summed E-state index contributed by atoms with van der Waals surface area (Å²) >= 11 is 4.04. The van der Waals surface area contributed by atoms with Crippen molar-refractivity contribution in [3.8, 4) is 0 Å². The summed E-state index contributed by atoms with van der Waals surface area (Å²) in [6, 6.07) is 0.0563. The van der Waals surface area contributed by atoms with Crippen molar-refractivity contribution in [1.29, 1.82) is 0 Å². The molecular weight excluding hydrogens is 354 g/mol. The zero-order valence-corrected chi connectivity index (χ0v) is 16.1. The third-order valence-corrected chi connectivity index (χ3v) is 9.54. The molecule has 2 aliphatic heterocycles. The number of carbonyl (C=O) groups excluding carboxylic acids is 1. The molecule has 3 rings (SSSR count). The second-order valence-electron chi connectivity index (χ2n) is 6.55. The van der Waals surface area contributed by atoms with Crippen molar-refractivity contribution in [2.45, 2.75) is 42.3 Å². The molecule has 0 bridgehead atoms. The van der Waals surface area contributed by atoms with Crippen LogP contribution >= 0.6 is 23.5 Å². The largest absolute Gasteiger partial charge is 0.334 e. The standard InChI is InChI=1S/C14H25N3O3S3/c1-10-9-16(5-6-17(10)23(2,19)20)14(18)15-11-3-4-12-13(11)22-8-7-21-12/h10-13H,3-9H2,1-2H3,(H,15,18). The molecule has 2 heterocycles. The lowest BCUT2D eigenvalue weighted by atomic mass is 10.2. The van der Waals surface area contributed by atoms with E-state index in [9.17, 15) is 13.2 Å². The highest BCUT2D eigenvalue weighted by atomic mass is 32.2. The first-order valence-electron chi connectivity index (χ1n) is 8.11. The third kappa shape index (κ3) is 3.93. The van der Waals surface area contributed by atoms with E-state index >= 15 is 0 Å². The van der Waals surface area contributed by atoms with Gasteiger partial charge < -0.3 is 10.2 Å². The predicted molar refractivity (Wildman–Crippen MR) is 96.6 cm³/mol. The molecule has 1 saturated carbocycles. The van der Waals surface area contributed by atoms with Crippen LogP contribution in [0.1, 0.15) is 19.8 Å². The highest BCUT2D eigenvalue weighted by Gasteiger charge is 2.40. The summed E-state index contributed by atoms with van der Waals surface area (Å²) in [7, 11) is -3.19. The number of fused-ring (bicyclic) bond motifs is 1. The lowest BCUT2D eigenvalue weighted by molar-refractivity contribution is 0.145. The third-order valence-electron chi connectivity index (χ3n) is 4.84. The lowest BCUT2D eigenvalue weighted by Gasteiger charge is -2.39. The van der Waals surface area contributed by atoms with Crippen LogP contribution in [0.2, 0.25) is 0 Å². The minimum Gasteiger partial charge on any atom is -0.334 e. The Kier molecular flexibility index (Phi) is 5.40. The van der Waals surface area contributed by atoms with Crippen molar-refractivity contribution in [2.75, 3.05) is 37.4 Å². The van der Waals surface area contributed by atoms with Crippen LogP contribution in [0.4, 0.5) is 4.79 Å². The minimum atomic E-state index is -3.19. The maximum atomic E-state index is 12.6. The van der Waals surface area contributed by atoms with E-state index < -0.39 is 10.0 Å². The smallest absolute Gasteiger partial charge is 0.317 e. The second kappa shape index (κ2) is 7.01. The highest BCUT2D eigenvalue weighted by molar-refractivity contribution is 8.07. The van der Waals surface area contributed by atoms with Gasteiger partial charge in [0.2, 0.25) is 10.0 Å². The van der Waals surface area contributed by atoms with Gasteiger partial charge in [-0.3, -0.25) is 0 Å². The first-order valence-corrected chi connectivity index (χ1v) is 12.1. The van der Waals surface area contributed by atoms with Crippen molar-refractivity contribution in [3.63, 3.8) is 0 Å². The Morgan fingerprint density at radius 3 is 2.61 bits per heavy atom. The van der Waals surface area contributed by atoms with E-state index in [1.165, 1.54) is 28.5 Å². The number of nitrogens with one attached hydrogen (secondary N) is 1. The fraction of sp³-hybridized carbons (Fsp3) is 0.929. The molecule has 1 aliphatic carbocycles. The topological polar surface area (TPSA) is 69.7 Å². The molecule has 1 N–H and O–H groups in total. The van der Waals surface area contributed by atoms with E-state index in [2.05, 4.69) is 5.32 Å². The van der Waals surface area contributed by atoms with Crippen LogP contribution in [0.15, 0.2) is 0 Å². The van der Waals surface area contributed by atoms with Gasteiger partial charge >= 0.3 is 6.03 Å². The van der Waals surface area contributed by atoms with Gasteiger partial charge in [-0.2, -0.15) is 27.8 Å². The van der Waals surface area contributed by atoms with E-state index in [1.807, 2.05) is 30.4 Å². The molecule has 0 radical (unpaired) electrons. The molecule has 2 amide bonds. The first kappa shape index (κ1) is 17.7. The number of hydrogen-bond donors (Lipinski definition) is 1. The zero-order valence-electron chi connectivity index (χ0n) is 13.6. The first-order chi connectivity index (χ1) is 10.9. The second-order valence-corrected chi connectivity index (χ2v) is 11.1. The number of rotatable bonds is 2. The molecule has 6 nitrogen and oxygen atoms in total. The Balaban J connectivity index is 1.55. The number of sulfonamides is 1. The van der Waals surface area contributed by atoms with E-state index in [0.29, 0.717) is 30.1 Å². The molecule has 23 heavy (non-hydrogen) atoms. The van der Waals surface area contributed by atoms with Crippen molar-refractivity contribution >= 4 is 39.6 Å². The van der Waals surface area contributed by atoms with Gasteiger partial charge in [0, 0.05) is 53.7 Å². The molecule has 4 unspecified atom stereocenters. The molecule has 2 saturated heterocycles. The highest BCUT2D eigenvalue weighted by Crippen LogP contribution is 2.42. The van der Waals surface area contributed by atoms with E-state index in [-0.39, 0.29) is 18.1 Å². The number of amides is 2. The minimum absolute atomic E-state index is 0.0353. The van der Waals surface area contributed by atoms with Gasteiger partial charge in [-0.1, -0.05) is 0 Å². The summed E-state index contributed by atoms with van der Waals surface area (Å²) in [5, 5.41) is 4.42. The van der Waals surface area contributed by atoms with E-state index in [1.54, 1.807) is 4.90 Å². The number of thioether (sulfide) groups is 2. The molecule has 132 valence electrons. The predicted octanol–water partition coefficient (Wildman–Crippen LogP) is 1.04. The molecule has 0 aromatic heterocycles. The van der Waals surface area contributed by atoms with Gasteiger partial charge in [-0.15, -0.1) is 0 Å². The van der Waals surface area contributed by atoms with Crippen LogP contribution in [0, 0.1) is 0 Å². The Morgan fingerprint density at radius 2 is 1.91 bits per heavy atom. The number of hydrogen-bond acceptors (Lipinski definition) is 5. The molecular formula is C14H25N3O3S3. The molecule has 3 fully saturated rings. The van der Waals surface area contributed by atoms with Gasteiger partial charge in [0.15, 0.2) is 0 Å². The van der Waals surface area contributed by atoms with Crippen LogP contribution in [-0.4, -0.2) is 83.6 Å². The Bertz CT molecular complexity index is 557. The fourth-order valence-electron chi connectivity index (χ4n) is 3.74. The Hall–Kier alpha value is -0.120. The summed E-state index contributed by atoms with van der Waals surface area (Å²) in [4.78, 5) is 14.3. The van der Waals surface area contributed by atoms with Gasteiger partial charge in [-0.05, 0) is 19.8 Å². The average Bonchev–Trinajstić information content (AvgIpc) is 2.89. The quantitative estimate of drug-likeness (QED) is 0.776. The van der Waals surface area contributed by atoms with Gasteiger partial charge in [0.25, 0.3) is 0 Å². The monoisotopic (exact) mass is 379 g/mol. The van der Waals surface area contributed by atoms with Crippen LogP contribution in [0.3, 0.4) is 0 Å². The summed E-state index contributed by atoms with van der Waals surface area (Å²) in [5.74, 6) is 2.39. The van der Waals surface area contributed by atoms with Crippen LogP contribution in [0.25, 0.3) is 0 Å².